The van der Waals surface area contributed by atoms with Gasteiger partial charge in [-0.25, -0.2) is 4.79 Å². The maximum Gasteiger partial charge on any atom is 0.341 e. The van der Waals surface area contributed by atoms with Crippen LogP contribution in [0.25, 0.3) is 0 Å². The van der Waals surface area contributed by atoms with E-state index in [1.807, 2.05) is 32.0 Å². The van der Waals surface area contributed by atoms with Crippen LogP contribution in [-0.4, -0.2) is 36.0 Å². The highest BCUT2D eigenvalue weighted by Crippen LogP contribution is 2.38. The zero-order chi connectivity index (χ0) is 20.4. The standard InChI is InChI=1S/C22H28N2O3S/c1-6-27-22(26)19-16-9-10-24(13(2)3)12-18(16)28-21(19)23-20(25)17-11-14(4)7-8-15(17)5/h7-8,11,13H,6,9-10,12H2,1-5H3,(H,23,25). The Morgan fingerprint density at radius 2 is 2.04 bits per heavy atom. The molecule has 0 saturated heterocycles. The predicted molar refractivity (Wildman–Crippen MR) is 113 cm³/mol. The average Bonchev–Trinajstić information content (AvgIpc) is 3.00. The van der Waals surface area contributed by atoms with E-state index in [0.29, 0.717) is 28.8 Å². The van der Waals surface area contributed by atoms with Gasteiger partial charge in [0, 0.05) is 29.6 Å². The summed E-state index contributed by atoms with van der Waals surface area (Å²) in [6.45, 7) is 12.0. The van der Waals surface area contributed by atoms with Crippen LogP contribution in [0.5, 0.6) is 0 Å². The largest absolute Gasteiger partial charge is 0.462 e. The Balaban J connectivity index is 1.97. The number of anilines is 1. The lowest BCUT2D eigenvalue weighted by molar-refractivity contribution is 0.0526. The molecule has 0 aliphatic carbocycles. The molecule has 2 heterocycles. The van der Waals surface area contributed by atoms with Crippen LogP contribution in [0, 0.1) is 13.8 Å². The van der Waals surface area contributed by atoms with Gasteiger partial charge in [-0.15, -0.1) is 11.3 Å². The van der Waals surface area contributed by atoms with Gasteiger partial charge in [-0.05, 0) is 58.2 Å². The van der Waals surface area contributed by atoms with Crippen molar-refractivity contribution in [2.75, 3.05) is 18.5 Å². The van der Waals surface area contributed by atoms with E-state index in [2.05, 4.69) is 24.1 Å². The summed E-state index contributed by atoms with van der Waals surface area (Å²) in [5, 5.41) is 3.59. The Hall–Kier alpha value is -2.18. The van der Waals surface area contributed by atoms with E-state index < -0.39 is 0 Å². The number of fused-ring (bicyclic) bond motifs is 1. The molecule has 150 valence electrons. The van der Waals surface area contributed by atoms with Crippen LogP contribution in [0.4, 0.5) is 5.00 Å². The van der Waals surface area contributed by atoms with Crippen LogP contribution in [0.15, 0.2) is 18.2 Å². The number of amides is 1. The third-order valence-electron chi connectivity index (χ3n) is 5.16. The van der Waals surface area contributed by atoms with Crippen molar-refractivity contribution in [2.24, 2.45) is 0 Å². The van der Waals surface area contributed by atoms with E-state index in [9.17, 15) is 9.59 Å². The summed E-state index contributed by atoms with van der Waals surface area (Å²) >= 11 is 1.50. The average molecular weight is 401 g/mol. The van der Waals surface area contributed by atoms with Crippen LogP contribution in [0.2, 0.25) is 0 Å². The van der Waals surface area contributed by atoms with E-state index in [1.165, 1.54) is 11.3 Å². The molecule has 0 spiro atoms. The van der Waals surface area contributed by atoms with Gasteiger partial charge in [-0.2, -0.15) is 0 Å². The minimum absolute atomic E-state index is 0.189. The number of benzene rings is 1. The number of ether oxygens (including phenoxy) is 1. The lowest BCUT2D eigenvalue weighted by Gasteiger charge is -2.30. The fourth-order valence-corrected chi connectivity index (χ4v) is 4.78. The van der Waals surface area contributed by atoms with Gasteiger partial charge in [0.15, 0.2) is 0 Å². The van der Waals surface area contributed by atoms with E-state index >= 15 is 0 Å². The second-order valence-electron chi connectivity index (χ2n) is 7.52. The van der Waals surface area contributed by atoms with Gasteiger partial charge < -0.3 is 10.1 Å². The number of esters is 1. The number of hydrogen-bond acceptors (Lipinski definition) is 5. The molecule has 1 N–H and O–H groups in total. The van der Waals surface area contributed by atoms with Gasteiger partial charge in [0.05, 0.1) is 12.2 Å². The molecule has 1 aliphatic heterocycles. The SMILES string of the molecule is CCOC(=O)c1c(NC(=O)c2cc(C)ccc2C)sc2c1CCN(C(C)C)C2. The highest BCUT2D eigenvalue weighted by Gasteiger charge is 2.30. The molecule has 28 heavy (non-hydrogen) atoms. The van der Waals surface area contributed by atoms with E-state index in [0.717, 1.165) is 41.1 Å². The number of nitrogens with zero attached hydrogens (tertiary/aromatic N) is 1. The van der Waals surface area contributed by atoms with E-state index in [-0.39, 0.29) is 11.9 Å². The second-order valence-corrected chi connectivity index (χ2v) is 8.62. The third-order valence-corrected chi connectivity index (χ3v) is 6.29. The molecule has 0 unspecified atom stereocenters. The topological polar surface area (TPSA) is 58.6 Å². The highest BCUT2D eigenvalue weighted by atomic mass is 32.1. The number of carbonyl (C=O) groups is 2. The van der Waals surface area contributed by atoms with Gasteiger partial charge in [-0.3, -0.25) is 9.69 Å². The highest BCUT2D eigenvalue weighted by molar-refractivity contribution is 7.17. The lowest BCUT2D eigenvalue weighted by Crippen LogP contribution is -2.35. The normalized spacial score (nSPS) is 14.1. The van der Waals surface area contributed by atoms with Crippen molar-refractivity contribution in [3.05, 3.63) is 50.9 Å². The quantitative estimate of drug-likeness (QED) is 0.748. The van der Waals surface area contributed by atoms with Gasteiger partial charge in [0.25, 0.3) is 5.91 Å². The fraction of sp³-hybridized carbons (Fsp3) is 0.455. The number of carbonyl (C=O) groups excluding carboxylic acids is 2. The van der Waals surface area contributed by atoms with Crippen LogP contribution in [0.1, 0.15) is 63.1 Å². The molecule has 5 nitrogen and oxygen atoms in total. The van der Waals surface area contributed by atoms with Gasteiger partial charge in [-0.1, -0.05) is 17.7 Å². The van der Waals surface area contributed by atoms with Crippen molar-refractivity contribution in [1.82, 2.24) is 4.90 Å². The second kappa shape index (κ2) is 8.45. The Morgan fingerprint density at radius 3 is 2.71 bits per heavy atom. The Kier molecular flexibility index (Phi) is 6.20. The molecule has 1 aliphatic rings. The summed E-state index contributed by atoms with van der Waals surface area (Å²) in [5.41, 5.74) is 4.12. The molecule has 0 fully saturated rings. The maximum atomic E-state index is 12.9. The molecule has 3 rings (SSSR count). The summed E-state index contributed by atoms with van der Waals surface area (Å²) in [5.74, 6) is -0.541. The Morgan fingerprint density at radius 1 is 1.29 bits per heavy atom. The van der Waals surface area contributed by atoms with Crippen molar-refractivity contribution in [3.8, 4) is 0 Å². The molecule has 0 radical (unpaired) electrons. The summed E-state index contributed by atoms with van der Waals surface area (Å²) < 4.78 is 5.30. The molecule has 6 heteroatoms. The number of thiophene rings is 1. The molecule has 1 aromatic carbocycles. The zero-order valence-electron chi connectivity index (χ0n) is 17.2. The van der Waals surface area contributed by atoms with Crippen molar-refractivity contribution < 1.29 is 14.3 Å². The van der Waals surface area contributed by atoms with Gasteiger partial charge in [0.2, 0.25) is 0 Å². The van der Waals surface area contributed by atoms with Crippen molar-refractivity contribution in [3.63, 3.8) is 0 Å². The molecule has 0 bridgehead atoms. The van der Waals surface area contributed by atoms with Crippen LogP contribution < -0.4 is 5.32 Å². The minimum Gasteiger partial charge on any atom is -0.462 e. The molecule has 0 saturated carbocycles. The van der Waals surface area contributed by atoms with E-state index in [1.54, 1.807) is 6.92 Å². The van der Waals surface area contributed by atoms with Crippen molar-refractivity contribution in [1.29, 1.82) is 0 Å². The predicted octanol–water partition coefficient (Wildman–Crippen LogP) is 4.56. The van der Waals surface area contributed by atoms with Gasteiger partial charge >= 0.3 is 5.97 Å². The first-order valence-corrected chi connectivity index (χ1v) is 10.6. The molecule has 0 atom stereocenters. The number of aryl methyl sites for hydroxylation is 2. The molecule has 1 aromatic heterocycles. The monoisotopic (exact) mass is 400 g/mol. The minimum atomic E-state index is -0.353. The van der Waals surface area contributed by atoms with Crippen LogP contribution in [-0.2, 0) is 17.7 Å². The van der Waals surface area contributed by atoms with Crippen LogP contribution >= 0.6 is 11.3 Å². The fourth-order valence-electron chi connectivity index (χ4n) is 3.52. The van der Waals surface area contributed by atoms with Gasteiger partial charge in [0.1, 0.15) is 5.00 Å². The summed E-state index contributed by atoms with van der Waals surface area (Å²) in [6, 6.07) is 6.24. The zero-order valence-corrected chi connectivity index (χ0v) is 18.0. The number of nitrogens with one attached hydrogen (secondary N) is 1. The molecule has 1 amide bonds. The third kappa shape index (κ3) is 4.13. The van der Waals surface area contributed by atoms with Crippen molar-refractivity contribution >= 4 is 28.2 Å². The summed E-state index contributed by atoms with van der Waals surface area (Å²) in [6.07, 6.45) is 0.789. The molecular weight excluding hydrogens is 372 g/mol. The first kappa shape index (κ1) is 20.6. The maximum absolute atomic E-state index is 12.9. The molecular formula is C22H28N2O3S. The van der Waals surface area contributed by atoms with Crippen molar-refractivity contribution in [2.45, 2.75) is 53.6 Å². The first-order valence-electron chi connectivity index (χ1n) is 9.76. The smallest absolute Gasteiger partial charge is 0.341 e. The summed E-state index contributed by atoms with van der Waals surface area (Å²) in [4.78, 5) is 29.1. The Bertz CT molecular complexity index is 901. The van der Waals surface area contributed by atoms with Crippen LogP contribution in [0.3, 0.4) is 0 Å². The first-order chi connectivity index (χ1) is 13.3. The number of rotatable bonds is 5. The number of hydrogen-bond donors (Lipinski definition) is 1. The summed E-state index contributed by atoms with van der Waals surface area (Å²) in [7, 11) is 0. The Labute approximate surface area is 170 Å². The molecule has 2 aromatic rings. The lowest BCUT2D eigenvalue weighted by atomic mass is 10.0. The van der Waals surface area contributed by atoms with E-state index in [4.69, 9.17) is 4.74 Å².